The number of hydrogen-bond donors (Lipinski definition) is 2. The number of hydrogen-bond acceptors (Lipinski definition) is 6. The van der Waals surface area contributed by atoms with Crippen molar-refractivity contribution in [1.82, 2.24) is 10.2 Å². The maximum absolute atomic E-state index is 12.8. The molecule has 2 aliphatic rings. The Hall–Kier alpha value is -2.13. The van der Waals surface area contributed by atoms with Crippen LogP contribution in [0.25, 0.3) is 0 Å². The molecule has 1 aromatic heterocycles. The lowest BCUT2D eigenvalue weighted by Gasteiger charge is -2.32. The third-order valence-electron chi connectivity index (χ3n) is 5.24. The summed E-state index contributed by atoms with van der Waals surface area (Å²) in [5.41, 5.74) is 0. The van der Waals surface area contributed by atoms with Gasteiger partial charge in [0.15, 0.2) is 0 Å². The first-order valence-electron chi connectivity index (χ1n) is 9.42. The third kappa shape index (κ3) is 5.93. The Morgan fingerprint density at radius 2 is 1.93 bits per heavy atom. The van der Waals surface area contributed by atoms with Gasteiger partial charge in [0, 0.05) is 18.5 Å². The minimum atomic E-state index is -0.439. The number of likely N-dealkylation sites (tertiary alicyclic amines) is 1. The molecule has 160 valence electrons. The molecular weight excluding hydrogens is 420 g/mol. The molecular formula is C19H25ClN2O6S. The van der Waals surface area contributed by atoms with Gasteiger partial charge in [0.25, 0.3) is 12.4 Å². The van der Waals surface area contributed by atoms with Crippen molar-refractivity contribution in [2.45, 2.75) is 50.6 Å². The highest BCUT2D eigenvalue weighted by Gasteiger charge is 2.39. The molecule has 2 fully saturated rings. The Balaban J connectivity index is 0.000000941. The molecule has 2 amide bonds. The lowest BCUT2D eigenvalue weighted by molar-refractivity contribution is -0.152. The topological polar surface area (TPSA) is 113 Å². The molecule has 3 rings (SSSR count). The molecule has 1 aromatic rings. The van der Waals surface area contributed by atoms with Crippen molar-refractivity contribution in [2.75, 3.05) is 13.7 Å². The summed E-state index contributed by atoms with van der Waals surface area (Å²) < 4.78 is 4.82. The number of carbonyl (C=O) groups excluding carboxylic acids is 3. The SMILES string of the molecule is COC(=O)[C@H]1CCCN1C(=O)C1CCC(NC(=O)c2sccc2Cl)CC1.O=CO. The average Bonchev–Trinajstić information content (AvgIpc) is 3.37. The van der Waals surface area contributed by atoms with Crippen LogP contribution in [0.1, 0.15) is 48.2 Å². The normalized spacial score (nSPS) is 23.5. The summed E-state index contributed by atoms with van der Waals surface area (Å²) in [4.78, 5) is 47.5. The van der Waals surface area contributed by atoms with Crippen LogP contribution >= 0.6 is 22.9 Å². The van der Waals surface area contributed by atoms with Crippen LogP contribution in [-0.4, -0.2) is 60.0 Å². The summed E-state index contributed by atoms with van der Waals surface area (Å²) in [5, 5.41) is 12.2. The predicted octanol–water partition coefficient (Wildman–Crippen LogP) is 2.55. The second kappa shape index (κ2) is 11.2. The molecule has 1 atom stereocenters. The zero-order valence-corrected chi connectivity index (χ0v) is 17.7. The summed E-state index contributed by atoms with van der Waals surface area (Å²) in [6.45, 7) is 0.367. The Bertz CT molecular complexity index is 732. The molecule has 1 aliphatic carbocycles. The van der Waals surface area contributed by atoms with Crippen LogP contribution in [0.2, 0.25) is 5.02 Å². The summed E-state index contributed by atoms with van der Waals surface area (Å²) in [6.07, 6.45) is 4.44. The average molecular weight is 445 g/mol. The van der Waals surface area contributed by atoms with Crippen molar-refractivity contribution < 1.29 is 29.0 Å². The number of esters is 1. The maximum atomic E-state index is 12.8. The quantitative estimate of drug-likeness (QED) is 0.545. The van der Waals surface area contributed by atoms with E-state index < -0.39 is 6.04 Å². The number of nitrogens with zero attached hydrogens (tertiary/aromatic N) is 1. The highest BCUT2D eigenvalue weighted by Crippen LogP contribution is 2.30. The van der Waals surface area contributed by atoms with Gasteiger partial charge in [-0.3, -0.25) is 14.4 Å². The van der Waals surface area contributed by atoms with Crippen LogP contribution in [0.5, 0.6) is 0 Å². The highest BCUT2D eigenvalue weighted by molar-refractivity contribution is 7.12. The van der Waals surface area contributed by atoms with E-state index in [4.69, 9.17) is 26.2 Å². The van der Waals surface area contributed by atoms with Gasteiger partial charge in [0.2, 0.25) is 5.91 Å². The van der Waals surface area contributed by atoms with Crippen LogP contribution in [-0.2, 0) is 19.1 Å². The number of ether oxygens (including phenoxy) is 1. The van der Waals surface area contributed by atoms with Crippen LogP contribution in [0.3, 0.4) is 0 Å². The van der Waals surface area contributed by atoms with E-state index in [2.05, 4.69) is 5.32 Å². The van der Waals surface area contributed by atoms with Crippen LogP contribution in [0.4, 0.5) is 0 Å². The minimum Gasteiger partial charge on any atom is -0.483 e. The molecule has 0 aromatic carbocycles. The fourth-order valence-corrected chi connectivity index (χ4v) is 4.88. The van der Waals surface area contributed by atoms with E-state index in [1.54, 1.807) is 16.3 Å². The Kier molecular flexibility index (Phi) is 8.91. The molecule has 8 nitrogen and oxygen atoms in total. The van der Waals surface area contributed by atoms with Gasteiger partial charge in [-0.15, -0.1) is 11.3 Å². The van der Waals surface area contributed by atoms with E-state index in [1.807, 2.05) is 0 Å². The molecule has 1 saturated heterocycles. The molecule has 0 spiro atoms. The fraction of sp³-hybridized carbons (Fsp3) is 0.579. The van der Waals surface area contributed by atoms with Crippen molar-refractivity contribution >= 4 is 47.2 Å². The van der Waals surface area contributed by atoms with Crippen LogP contribution in [0.15, 0.2) is 11.4 Å². The van der Waals surface area contributed by atoms with Crippen molar-refractivity contribution in [3.8, 4) is 0 Å². The maximum Gasteiger partial charge on any atom is 0.328 e. The first-order valence-corrected chi connectivity index (χ1v) is 10.7. The van der Waals surface area contributed by atoms with Gasteiger partial charge in [-0.1, -0.05) is 11.6 Å². The standard InChI is InChI=1S/C18H23ClN2O4S.CH2O2/c1-25-18(24)14-3-2-9-21(14)17(23)11-4-6-12(7-5-11)20-16(22)15-13(19)8-10-26-15;2-1-3/h8,10-12,14H,2-7,9H2,1H3,(H,20,22);1H,(H,2,3)/t11?,12?,14-;/m1./s1. The summed E-state index contributed by atoms with van der Waals surface area (Å²) in [5.74, 6) is -0.516. The molecule has 0 radical (unpaired) electrons. The number of halogens is 1. The van der Waals surface area contributed by atoms with Crippen molar-refractivity contribution in [3.05, 3.63) is 21.3 Å². The second-order valence-corrected chi connectivity index (χ2v) is 8.26. The zero-order valence-electron chi connectivity index (χ0n) is 16.1. The van der Waals surface area contributed by atoms with E-state index >= 15 is 0 Å². The largest absolute Gasteiger partial charge is 0.483 e. The van der Waals surface area contributed by atoms with E-state index in [0.29, 0.717) is 35.7 Å². The monoisotopic (exact) mass is 444 g/mol. The lowest BCUT2D eigenvalue weighted by Crippen LogP contribution is -2.46. The van der Waals surface area contributed by atoms with Gasteiger partial charge < -0.3 is 20.1 Å². The van der Waals surface area contributed by atoms with Gasteiger partial charge >= 0.3 is 5.97 Å². The number of carboxylic acid groups (broad SMARTS) is 1. The number of rotatable bonds is 4. The molecule has 1 aliphatic heterocycles. The van der Waals surface area contributed by atoms with Gasteiger partial charge in [-0.2, -0.15) is 0 Å². The Morgan fingerprint density at radius 3 is 2.48 bits per heavy atom. The van der Waals surface area contributed by atoms with E-state index in [-0.39, 0.29) is 36.2 Å². The van der Waals surface area contributed by atoms with Gasteiger partial charge in [0.05, 0.1) is 12.1 Å². The minimum absolute atomic E-state index is 0.0453. The number of amides is 2. The van der Waals surface area contributed by atoms with Gasteiger partial charge in [0.1, 0.15) is 10.9 Å². The second-order valence-electron chi connectivity index (χ2n) is 6.94. The van der Waals surface area contributed by atoms with E-state index in [0.717, 1.165) is 19.3 Å². The lowest BCUT2D eigenvalue weighted by atomic mass is 9.85. The molecule has 29 heavy (non-hydrogen) atoms. The molecule has 0 unspecified atom stereocenters. The smallest absolute Gasteiger partial charge is 0.328 e. The first-order chi connectivity index (χ1) is 13.9. The van der Waals surface area contributed by atoms with E-state index in [1.165, 1.54) is 18.4 Å². The number of nitrogens with one attached hydrogen (secondary N) is 1. The number of thiophene rings is 1. The molecule has 2 N–H and O–H groups in total. The van der Waals surface area contributed by atoms with Gasteiger partial charge in [-0.05, 0) is 50.0 Å². The summed E-state index contributed by atoms with van der Waals surface area (Å²) in [7, 11) is 1.36. The fourth-order valence-electron chi connectivity index (χ4n) is 3.84. The van der Waals surface area contributed by atoms with Crippen LogP contribution < -0.4 is 5.32 Å². The third-order valence-corrected chi connectivity index (χ3v) is 6.58. The summed E-state index contributed by atoms with van der Waals surface area (Å²) in [6, 6.07) is 1.33. The molecule has 10 heteroatoms. The number of carbonyl (C=O) groups is 4. The molecule has 1 saturated carbocycles. The summed E-state index contributed by atoms with van der Waals surface area (Å²) >= 11 is 7.33. The van der Waals surface area contributed by atoms with Gasteiger partial charge in [-0.25, -0.2) is 4.79 Å². The predicted molar refractivity (Wildman–Crippen MR) is 108 cm³/mol. The first kappa shape index (κ1) is 23.2. The zero-order chi connectivity index (χ0) is 21.4. The van der Waals surface area contributed by atoms with Crippen molar-refractivity contribution in [2.24, 2.45) is 5.92 Å². The van der Waals surface area contributed by atoms with E-state index in [9.17, 15) is 14.4 Å². The van der Waals surface area contributed by atoms with Crippen LogP contribution in [0, 0.1) is 5.92 Å². The molecule has 2 heterocycles. The Morgan fingerprint density at radius 1 is 1.28 bits per heavy atom. The highest BCUT2D eigenvalue weighted by atomic mass is 35.5. The van der Waals surface area contributed by atoms with Crippen molar-refractivity contribution in [3.63, 3.8) is 0 Å². The molecule has 0 bridgehead atoms. The Labute approximate surface area is 178 Å². The van der Waals surface area contributed by atoms with Crippen molar-refractivity contribution in [1.29, 1.82) is 0 Å². The number of methoxy groups -OCH3 is 1.